The van der Waals surface area contributed by atoms with E-state index in [9.17, 15) is 4.79 Å². The molecule has 1 saturated heterocycles. The van der Waals surface area contributed by atoms with E-state index >= 15 is 0 Å². The van der Waals surface area contributed by atoms with Gasteiger partial charge in [-0.15, -0.1) is 0 Å². The molecule has 1 aromatic carbocycles. The zero-order chi connectivity index (χ0) is 14.7. The summed E-state index contributed by atoms with van der Waals surface area (Å²) in [5, 5.41) is 8.88. The monoisotopic (exact) mass is 286 g/mol. The zero-order valence-electron chi connectivity index (χ0n) is 11.7. The van der Waals surface area contributed by atoms with Crippen molar-refractivity contribution in [3.05, 3.63) is 53.8 Å². The van der Waals surface area contributed by atoms with Crippen molar-refractivity contribution >= 4 is 11.9 Å². The van der Waals surface area contributed by atoms with Crippen LogP contribution >= 0.6 is 0 Å². The number of benzene rings is 1. The number of aromatic carboxylic acids is 1. The summed E-state index contributed by atoms with van der Waals surface area (Å²) in [5.74, 6) is -0.382. The van der Waals surface area contributed by atoms with Crippen LogP contribution in [0.15, 0.2) is 46.9 Å². The first-order valence-electron chi connectivity index (χ1n) is 7.07. The molecule has 0 amide bonds. The minimum absolute atomic E-state index is 0.00304. The number of hydrogen-bond acceptors (Lipinski definition) is 4. The van der Waals surface area contributed by atoms with Crippen LogP contribution in [0.25, 0.3) is 0 Å². The lowest BCUT2D eigenvalue weighted by Gasteiger charge is -2.34. The van der Waals surface area contributed by atoms with Crippen molar-refractivity contribution in [3.63, 3.8) is 0 Å². The minimum atomic E-state index is -1.02. The first-order valence-corrected chi connectivity index (χ1v) is 7.07. The largest absolute Gasteiger partial charge is 0.475 e. The maximum atomic E-state index is 10.8. The van der Waals surface area contributed by atoms with Gasteiger partial charge in [-0.1, -0.05) is 30.3 Å². The van der Waals surface area contributed by atoms with Crippen molar-refractivity contribution < 1.29 is 14.3 Å². The van der Waals surface area contributed by atoms with E-state index < -0.39 is 5.97 Å². The Hall–Kier alpha value is -2.27. The predicted octanol–water partition coefficient (Wildman–Crippen LogP) is 2.30. The van der Waals surface area contributed by atoms with E-state index in [2.05, 4.69) is 34.1 Å². The molecule has 2 heterocycles. The molecule has 0 saturated carbocycles. The minimum Gasteiger partial charge on any atom is -0.475 e. The van der Waals surface area contributed by atoms with Gasteiger partial charge in [0, 0.05) is 38.8 Å². The number of carboxylic acids is 1. The van der Waals surface area contributed by atoms with Crippen LogP contribution in [0.3, 0.4) is 0 Å². The Morgan fingerprint density at radius 2 is 1.76 bits per heavy atom. The third-order valence-corrected chi connectivity index (χ3v) is 3.74. The molecule has 5 nitrogen and oxygen atoms in total. The van der Waals surface area contributed by atoms with Crippen molar-refractivity contribution in [1.82, 2.24) is 4.90 Å². The normalized spacial score (nSPS) is 16.1. The molecule has 1 fully saturated rings. The number of carbonyl (C=O) groups is 1. The molecular formula is C16H18N2O3. The zero-order valence-corrected chi connectivity index (χ0v) is 11.7. The fourth-order valence-corrected chi connectivity index (χ4v) is 2.58. The molecule has 110 valence electrons. The molecule has 0 radical (unpaired) electrons. The molecule has 21 heavy (non-hydrogen) atoms. The summed E-state index contributed by atoms with van der Waals surface area (Å²) in [6.07, 6.45) is 0. The molecule has 0 atom stereocenters. The second-order valence-corrected chi connectivity index (χ2v) is 5.19. The lowest BCUT2D eigenvalue weighted by molar-refractivity contribution is 0.0663. The summed E-state index contributed by atoms with van der Waals surface area (Å²) in [6.45, 7) is 4.53. The molecule has 0 unspecified atom stereocenters. The first-order chi connectivity index (χ1) is 10.2. The van der Waals surface area contributed by atoms with Crippen LogP contribution < -0.4 is 4.90 Å². The molecule has 5 heteroatoms. The lowest BCUT2D eigenvalue weighted by Crippen LogP contribution is -2.45. The van der Waals surface area contributed by atoms with Gasteiger partial charge in [0.25, 0.3) is 0 Å². The van der Waals surface area contributed by atoms with Crippen LogP contribution in [0.4, 0.5) is 5.88 Å². The number of hydrogen-bond donors (Lipinski definition) is 1. The van der Waals surface area contributed by atoms with Gasteiger partial charge in [-0.2, -0.15) is 0 Å². The van der Waals surface area contributed by atoms with Crippen LogP contribution in [0.2, 0.25) is 0 Å². The van der Waals surface area contributed by atoms with Gasteiger partial charge >= 0.3 is 5.97 Å². The third kappa shape index (κ3) is 3.25. The van der Waals surface area contributed by atoms with Crippen LogP contribution in [0.1, 0.15) is 16.1 Å². The van der Waals surface area contributed by atoms with Gasteiger partial charge in [0.15, 0.2) is 5.88 Å². The van der Waals surface area contributed by atoms with Crippen LogP contribution in [-0.4, -0.2) is 42.2 Å². The molecule has 1 aliphatic rings. The number of carboxylic acid groups (broad SMARTS) is 1. The van der Waals surface area contributed by atoms with Gasteiger partial charge in [-0.3, -0.25) is 4.90 Å². The van der Waals surface area contributed by atoms with E-state index in [0.717, 1.165) is 32.7 Å². The molecule has 2 aromatic rings. The highest BCUT2D eigenvalue weighted by molar-refractivity contribution is 5.84. The fourth-order valence-electron chi connectivity index (χ4n) is 2.58. The Morgan fingerprint density at radius 3 is 2.38 bits per heavy atom. The van der Waals surface area contributed by atoms with Crippen molar-refractivity contribution in [3.8, 4) is 0 Å². The van der Waals surface area contributed by atoms with E-state index in [1.54, 1.807) is 6.07 Å². The molecule has 0 aliphatic carbocycles. The highest BCUT2D eigenvalue weighted by atomic mass is 16.4. The SMILES string of the molecule is O=C(O)c1ccc(N2CCN(Cc3ccccc3)CC2)o1. The second-order valence-electron chi connectivity index (χ2n) is 5.19. The number of rotatable bonds is 4. The maximum absolute atomic E-state index is 10.8. The van der Waals surface area contributed by atoms with Gasteiger partial charge < -0.3 is 14.4 Å². The standard InChI is InChI=1S/C16H18N2O3/c19-16(20)14-6-7-15(21-14)18-10-8-17(9-11-18)12-13-4-2-1-3-5-13/h1-7H,8-12H2,(H,19,20). The van der Waals surface area contributed by atoms with E-state index in [0.29, 0.717) is 5.88 Å². The Labute approximate surface area is 123 Å². The van der Waals surface area contributed by atoms with Gasteiger partial charge in [0.05, 0.1) is 0 Å². The summed E-state index contributed by atoms with van der Waals surface area (Å²) < 4.78 is 5.35. The van der Waals surface area contributed by atoms with Crippen molar-refractivity contribution in [2.45, 2.75) is 6.54 Å². The highest BCUT2D eigenvalue weighted by Gasteiger charge is 2.20. The van der Waals surface area contributed by atoms with E-state index in [-0.39, 0.29) is 5.76 Å². The molecular weight excluding hydrogens is 268 g/mol. The first kappa shape index (κ1) is 13.7. The van der Waals surface area contributed by atoms with Crippen molar-refractivity contribution in [2.24, 2.45) is 0 Å². The topological polar surface area (TPSA) is 56.9 Å². The highest BCUT2D eigenvalue weighted by Crippen LogP contribution is 2.20. The average Bonchev–Trinajstić information content (AvgIpc) is 2.99. The van der Waals surface area contributed by atoms with E-state index in [4.69, 9.17) is 9.52 Å². The summed E-state index contributed by atoms with van der Waals surface area (Å²) >= 11 is 0. The van der Waals surface area contributed by atoms with Crippen LogP contribution in [0, 0.1) is 0 Å². The van der Waals surface area contributed by atoms with Crippen LogP contribution in [0.5, 0.6) is 0 Å². The number of nitrogens with zero attached hydrogens (tertiary/aromatic N) is 2. The molecule has 3 rings (SSSR count). The molecule has 0 bridgehead atoms. The van der Waals surface area contributed by atoms with Gasteiger partial charge in [-0.05, 0) is 11.6 Å². The summed E-state index contributed by atoms with van der Waals surface area (Å²) in [6, 6.07) is 13.7. The van der Waals surface area contributed by atoms with Crippen molar-refractivity contribution in [1.29, 1.82) is 0 Å². The smallest absolute Gasteiger partial charge is 0.371 e. The van der Waals surface area contributed by atoms with Crippen molar-refractivity contribution in [2.75, 3.05) is 31.1 Å². The molecule has 1 aliphatic heterocycles. The Balaban J connectivity index is 1.56. The third-order valence-electron chi connectivity index (χ3n) is 3.74. The molecule has 0 spiro atoms. The Kier molecular flexibility index (Phi) is 3.92. The van der Waals surface area contributed by atoms with Gasteiger partial charge in [0.2, 0.25) is 5.76 Å². The fraction of sp³-hybridized carbons (Fsp3) is 0.312. The predicted molar refractivity (Wildman–Crippen MR) is 79.6 cm³/mol. The number of anilines is 1. The number of piperazine rings is 1. The molecule has 1 N–H and O–H groups in total. The van der Waals surface area contributed by atoms with Gasteiger partial charge in [-0.25, -0.2) is 4.79 Å². The maximum Gasteiger partial charge on any atom is 0.371 e. The van der Waals surface area contributed by atoms with E-state index in [1.807, 2.05) is 6.07 Å². The average molecular weight is 286 g/mol. The van der Waals surface area contributed by atoms with Crippen LogP contribution in [-0.2, 0) is 6.54 Å². The summed E-state index contributed by atoms with van der Waals surface area (Å²) in [5.41, 5.74) is 1.32. The lowest BCUT2D eigenvalue weighted by atomic mass is 10.2. The summed E-state index contributed by atoms with van der Waals surface area (Å²) in [4.78, 5) is 15.3. The van der Waals surface area contributed by atoms with Gasteiger partial charge in [0.1, 0.15) is 0 Å². The Bertz CT molecular complexity index is 601. The van der Waals surface area contributed by atoms with E-state index in [1.165, 1.54) is 11.6 Å². The summed E-state index contributed by atoms with van der Waals surface area (Å²) in [7, 11) is 0. The molecule has 1 aromatic heterocycles. The number of furan rings is 1. The quantitative estimate of drug-likeness (QED) is 0.934. The Morgan fingerprint density at radius 1 is 1.05 bits per heavy atom. The second kappa shape index (κ2) is 6.01.